The number of allylic oxidation sites excluding steroid dienone is 1. The molecule has 7 rings (SSSR count). The molecule has 1 saturated carbocycles. The van der Waals surface area contributed by atoms with Gasteiger partial charge in [0.2, 0.25) is 5.82 Å². The van der Waals surface area contributed by atoms with Crippen LogP contribution in [0.25, 0.3) is 22.3 Å². The summed E-state index contributed by atoms with van der Waals surface area (Å²) in [5.41, 5.74) is 10.6. The number of aryl methyl sites for hydroxylation is 2. The highest BCUT2D eigenvalue weighted by Gasteiger charge is 2.31. The van der Waals surface area contributed by atoms with Crippen LogP contribution in [0.2, 0.25) is 0 Å². The first-order valence-electron chi connectivity index (χ1n) is 12.7. The highest BCUT2D eigenvalue weighted by molar-refractivity contribution is 5.99. The number of aromatic amines is 1. The molecule has 4 heterocycles. The molecule has 1 fully saturated rings. The standard InChI is InChI=1S/C29H27N7O/c1-16-12-17(2)30-29-26(16)31-28(20-9-10-20)36(29)14-19-8-11-23-24(13-19)37-15-21-6-4-5-7-22(21)25(23)18(3)27-32-34-35-33-27/h4-8,11-13,20H,9-10,14-15H2,1-3H3,(H,32,33,34,35). The van der Waals surface area contributed by atoms with Gasteiger partial charge < -0.3 is 9.30 Å². The largest absolute Gasteiger partial charge is 0.488 e. The molecule has 2 aromatic carbocycles. The lowest BCUT2D eigenvalue weighted by Crippen LogP contribution is -2.06. The molecule has 3 aromatic heterocycles. The van der Waals surface area contributed by atoms with E-state index < -0.39 is 0 Å². The number of nitrogens with zero attached hydrogens (tertiary/aromatic N) is 6. The third kappa shape index (κ3) is 3.71. The predicted molar refractivity (Wildman–Crippen MR) is 141 cm³/mol. The van der Waals surface area contributed by atoms with Crippen molar-refractivity contribution in [2.45, 2.75) is 52.7 Å². The maximum Gasteiger partial charge on any atom is 0.201 e. The summed E-state index contributed by atoms with van der Waals surface area (Å²) in [4.78, 5) is 9.94. The smallest absolute Gasteiger partial charge is 0.201 e. The summed E-state index contributed by atoms with van der Waals surface area (Å²) in [7, 11) is 0. The number of nitrogens with one attached hydrogen (secondary N) is 1. The number of aromatic nitrogens is 7. The molecule has 184 valence electrons. The van der Waals surface area contributed by atoms with Crippen molar-refractivity contribution in [1.29, 1.82) is 0 Å². The molecule has 0 amide bonds. The minimum absolute atomic E-state index is 0.497. The van der Waals surface area contributed by atoms with Crippen molar-refractivity contribution in [3.05, 3.63) is 93.7 Å². The van der Waals surface area contributed by atoms with Crippen LogP contribution in [-0.2, 0) is 13.2 Å². The molecule has 8 heteroatoms. The van der Waals surface area contributed by atoms with Gasteiger partial charge in [0.25, 0.3) is 0 Å². The summed E-state index contributed by atoms with van der Waals surface area (Å²) < 4.78 is 8.72. The van der Waals surface area contributed by atoms with Crippen LogP contribution in [0.15, 0.2) is 48.5 Å². The first-order chi connectivity index (χ1) is 18.1. The molecular weight excluding hydrogens is 462 g/mol. The fraction of sp³-hybridized carbons (Fsp3) is 0.276. The van der Waals surface area contributed by atoms with Gasteiger partial charge in [0.15, 0.2) is 5.65 Å². The second kappa shape index (κ2) is 8.37. The molecule has 0 spiro atoms. The lowest BCUT2D eigenvalue weighted by molar-refractivity contribution is 0.307. The van der Waals surface area contributed by atoms with Crippen LogP contribution in [0.3, 0.4) is 0 Å². The minimum Gasteiger partial charge on any atom is -0.488 e. The number of imidazole rings is 1. The SMILES string of the molecule is CC(=C1c2ccccc2COc2cc(Cn3c(C4CC4)nc4c(C)cc(C)nc43)ccc21)c1nn[nH]n1. The summed E-state index contributed by atoms with van der Waals surface area (Å²) >= 11 is 0. The third-order valence-electron chi connectivity index (χ3n) is 7.38. The zero-order valence-electron chi connectivity index (χ0n) is 21.1. The van der Waals surface area contributed by atoms with Crippen molar-refractivity contribution in [2.75, 3.05) is 0 Å². The number of ether oxygens (including phenoxy) is 1. The van der Waals surface area contributed by atoms with Crippen LogP contribution in [-0.4, -0.2) is 35.2 Å². The molecule has 0 bridgehead atoms. The van der Waals surface area contributed by atoms with Gasteiger partial charge in [-0.15, -0.1) is 10.2 Å². The quantitative estimate of drug-likeness (QED) is 0.365. The second-order valence-electron chi connectivity index (χ2n) is 10.1. The van der Waals surface area contributed by atoms with Crippen LogP contribution < -0.4 is 4.74 Å². The molecule has 1 aliphatic carbocycles. The van der Waals surface area contributed by atoms with E-state index in [0.717, 1.165) is 61.8 Å². The first-order valence-corrected chi connectivity index (χ1v) is 12.7. The summed E-state index contributed by atoms with van der Waals surface area (Å²) in [5.74, 6) is 3.10. The van der Waals surface area contributed by atoms with Gasteiger partial charge in [-0.25, -0.2) is 9.97 Å². The fourth-order valence-electron chi connectivity index (χ4n) is 5.43. The molecule has 0 atom stereocenters. The maximum absolute atomic E-state index is 6.41. The molecule has 1 aliphatic heterocycles. The molecule has 8 nitrogen and oxygen atoms in total. The molecule has 2 aliphatic rings. The van der Waals surface area contributed by atoms with Gasteiger partial charge in [0.05, 0.1) is 6.54 Å². The number of fused-ring (bicyclic) bond motifs is 3. The van der Waals surface area contributed by atoms with Crippen molar-refractivity contribution < 1.29 is 4.74 Å². The Morgan fingerprint density at radius 3 is 2.73 bits per heavy atom. The van der Waals surface area contributed by atoms with Gasteiger partial charge in [-0.3, -0.25) is 0 Å². The third-order valence-corrected chi connectivity index (χ3v) is 7.38. The van der Waals surface area contributed by atoms with Gasteiger partial charge in [-0.1, -0.05) is 36.4 Å². The topological polar surface area (TPSA) is 94.4 Å². The highest BCUT2D eigenvalue weighted by atomic mass is 16.5. The first kappa shape index (κ1) is 21.9. The van der Waals surface area contributed by atoms with E-state index in [1.54, 1.807) is 0 Å². The Morgan fingerprint density at radius 1 is 1.05 bits per heavy atom. The number of tetrazole rings is 1. The molecule has 0 radical (unpaired) electrons. The zero-order valence-corrected chi connectivity index (χ0v) is 21.1. The van der Waals surface area contributed by atoms with Crippen molar-refractivity contribution in [3.63, 3.8) is 0 Å². The van der Waals surface area contributed by atoms with Crippen LogP contribution in [0.5, 0.6) is 5.75 Å². The van der Waals surface area contributed by atoms with Crippen LogP contribution in [0.4, 0.5) is 0 Å². The Morgan fingerprint density at radius 2 is 1.92 bits per heavy atom. The molecule has 0 unspecified atom stereocenters. The van der Waals surface area contributed by atoms with Gasteiger partial charge in [0, 0.05) is 22.7 Å². The summed E-state index contributed by atoms with van der Waals surface area (Å²) in [6.45, 7) is 7.41. The number of H-pyrrole nitrogens is 1. The predicted octanol–water partition coefficient (Wildman–Crippen LogP) is 5.36. The number of pyridine rings is 1. The molecular formula is C29H27N7O. The van der Waals surface area contributed by atoms with Gasteiger partial charge in [-0.05, 0) is 78.8 Å². The zero-order chi connectivity index (χ0) is 25.1. The Hall–Kier alpha value is -4.33. The highest BCUT2D eigenvalue weighted by Crippen LogP contribution is 2.43. The van der Waals surface area contributed by atoms with E-state index in [1.165, 1.54) is 18.4 Å². The van der Waals surface area contributed by atoms with Gasteiger partial charge >= 0.3 is 0 Å². The van der Waals surface area contributed by atoms with E-state index in [9.17, 15) is 0 Å². The number of rotatable bonds is 4. The number of benzene rings is 2. The van der Waals surface area contributed by atoms with Crippen molar-refractivity contribution in [2.24, 2.45) is 0 Å². The normalized spacial score (nSPS) is 16.2. The molecule has 1 N–H and O–H groups in total. The van der Waals surface area contributed by atoms with Crippen molar-refractivity contribution in [1.82, 2.24) is 35.2 Å². The minimum atomic E-state index is 0.497. The maximum atomic E-state index is 6.41. The van der Waals surface area contributed by atoms with E-state index in [0.29, 0.717) is 24.9 Å². The van der Waals surface area contributed by atoms with E-state index in [4.69, 9.17) is 14.7 Å². The molecule has 5 aromatic rings. The number of hydrogen-bond acceptors (Lipinski definition) is 6. The average molecular weight is 490 g/mol. The molecule has 37 heavy (non-hydrogen) atoms. The number of hydrogen-bond donors (Lipinski definition) is 1. The lowest BCUT2D eigenvalue weighted by Gasteiger charge is -2.15. The van der Waals surface area contributed by atoms with Crippen molar-refractivity contribution in [3.8, 4) is 5.75 Å². The Bertz CT molecular complexity index is 1690. The average Bonchev–Trinajstić information content (AvgIpc) is 3.51. The van der Waals surface area contributed by atoms with E-state index in [1.807, 2.05) is 13.0 Å². The Kier molecular flexibility index (Phi) is 4.96. The van der Waals surface area contributed by atoms with Crippen LogP contribution in [0, 0.1) is 13.8 Å². The summed E-state index contributed by atoms with van der Waals surface area (Å²) in [6.07, 6.45) is 2.38. The van der Waals surface area contributed by atoms with Crippen molar-refractivity contribution >= 4 is 22.3 Å². The summed E-state index contributed by atoms with van der Waals surface area (Å²) in [5, 5.41) is 14.9. The monoisotopic (exact) mass is 489 g/mol. The Labute approximate surface area is 214 Å². The van der Waals surface area contributed by atoms with Crippen LogP contribution in [0.1, 0.15) is 70.8 Å². The summed E-state index contributed by atoms with van der Waals surface area (Å²) in [6, 6.07) is 17.0. The van der Waals surface area contributed by atoms with E-state index in [-0.39, 0.29) is 0 Å². The second-order valence-corrected chi connectivity index (χ2v) is 10.1. The van der Waals surface area contributed by atoms with Crippen LogP contribution >= 0.6 is 0 Å². The fourth-order valence-corrected chi connectivity index (χ4v) is 5.43. The Balaban J connectivity index is 1.36. The molecule has 0 saturated heterocycles. The van der Waals surface area contributed by atoms with E-state index in [2.05, 4.69) is 81.5 Å². The van der Waals surface area contributed by atoms with Gasteiger partial charge in [0.1, 0.15) is 23.7 Å². The van der Waals surface area contributed by atoms with Gasteiger partial charge in [-0.2, -0.15) is 5.21 Å². The van der Waals surface area contributed by atoms with E-state index >= 15 is 0 Å². The lowest BCUT2D eigenvalue weighted by atomic mass is 9.90.